The molecule has 0 saturated heterocycles. The first kappa shape index (κ1) is 17.4. The van der Waals surface area contributed by atoms with Gasteiger partial charge in [-0.1, -0.05) is 29.5 Å². The normalized spacial score (nSPS) is 12.3. The highest BCUT2D eigenvalue weighted by atomic mass is 32.2. The van der Waals surface area contributed by atoms with Crippen LogP contribution in [-0.4, -0.2) is 20.4 Å². The second-order valence-electron chi connectivity index (χ2n) is 5.96. The molecule has 2 aromatic carbocycles. The van der Waals surface area contributed by atoms with Crippen LogP contribution >= 0.6 is 11.8 Å². The van der Waals surface area contributed by atoms with Gasteiger partial charge in [0, 0.05) is 11.1 Å². The molecule has 27 heavy (non-hydrogen) atoms. The lowest BCUT2D eigenvalue weighted by molar-refractivity contribution is 0.461. The van der Waals surface area contributed by atoms with Gasteiger partial charge >= 0.3 is 0 Å². The summed E-state index contributed by atoms with van der Waals surface area (Å²) in [6.45, 7) is 3.91. The molecule has 2 aromatic heterocycles. The van der Waals surface area contributed by atoms with E-state index in [1.165, 1.54) is 23.9 Å². The van der Waals surface area contributed by atoms with Gasteiger partial charge in [-0.2, -0.15) is 0 Å². The van der Waals surface area contributed by atoms with E-state index in [1.54, 1.807) is 12.1 Å². The van der Waals surface area contributed by atoms with Crippen molar-refractivity contribution in [3.8, 4) is 22.9 Å². The lowest BCUT2D eigenvalue weighted by atomic mass is 10.1. The zero-order valence-corrected chi connectivity index (χ0v) is 15.4. The Morgan fingerprint density at radius 1 is 0.889 bits per heavy atom. The summed E-state index contributed by atoms with van der Waals surface area (Å²) in [6, 6.07) is 13.7. The Balaban J connectivity index is 1.48. The van der Waals surface area contributed by atoms with E-state index in [9.17, 15) is 4.39 Å². The van der Waals surface area contributed by atoms with Crippen molar-refractivity contribution in [2.24, 2.45) is 0 Å². The number of thioether (sulfide) groups is 1. The van der Waals surface area contributed by atoms with E-state index in [2.05, 4.69) is 20.4 Å². The fourth-order valence-electron chi connectivity index (χ4n) is 2.46. The first-order chi connectivity index (χ1) is 13.1. The molecule has 4 rings (SSSR count). The minimum Gasteiger partial charge on any atom is -0.419 e. The van der Waals surface area contributed by atoms with Crippen LogP contribution in [0.25, 0.3) is 22.9 Å². The molecule has 1 atom stereocenters. The predicted molar refractivity (Wildman–Crippen MR) is 98.4 cm³/mol. The quantitative estimate of drug-likeness (QED) is 0.445. The number of hydrogen-bond donors (Lipinski definition) is 0. The molecule has 0 fully saturated rings. The Bertz CT molecular complexity index is 1060. The minimum absolute atomic E-state index is 0.183. The summed E-state index contributed by atoms with van der Waals surface area (Å²) in [5.74, 6) is 0.909. The highest BCUT2D eigenvalue weighted by molar-refractivity contribution is 7.99. The van der Waals surface area contributed by atoms with Crippen molar-refractivity contribution >= 4 is 11.8 Å². The third-order valence-electron chi connectivity index (χ3n) is 3.83. The van der Waals surface area contributed by atoms with Crippen LogP contribution < -0.4 is 0 Å². The minimum atomic E-state index is -0.316. The molecule has 136 valence electrons. The van der Waals surface area contributed by atoms with E-state index in [0.29, 0.717) is 28.5 Å². The van der Waals surface area contributed by atoms with Crippen molar-refractivity contribution < 1.29 is 13.2 Å². The maximum absolute atomic E-state index is 13.0. The molecule has 6 nitrogen and oxygen atoms in total. The SMILES string of the molecule is Cc1cccc(-c2nnc(S[C@@H](C)c3nnc(-c4ccc(F)cc4)o3)o2)c1. The van der Waals surface area contributed by atoms with Gasteiger partial charge in [-0.05, 0) is 50.2 Å². The van der Waals surface area contributed by atoms with Gasteiger partial charge in [0.05, 0.1) is 5.25 Å². The van der Waals surface area contributed by atoms with Crippen molar-refractivity contribution in [1.29, 1.82) is 0 Å². The number of rotatable bonds is 5. The number of benzene rings is 2. The van der Waals surface area contributed by atoms with Gasteiger partial charge in [-0.15, -0.1) is 20.4 Å². The zero-order valence-electron chi connectivity index (χ0n) is 14.6. The number of nitrogens with zero attached hydrogens (tertiary/aromatic N) is 4. The Labute approximate surface area is 158 Å². The molecule has 2 heterocycles. The van der Waals surface area contributed by atoms with Gasteiger partial charge in [-0.25, -0.2) is 4.39 Å². The lowest BCUT2D eigenvalue weighted by Crippen LogP contribution is -1.88. The molecular weight excluding hydrogens is 367 g/mol. The molecular formula is C19H15FN4O2S. The largest absolute Gasteiger partial charge is 0.419 e. The summed E-state index contributed by atoms with van der Waals surface area (Å²) in [5, 5.41) is 16.5. The summed E-state index contributed by atoms with van der Waals surface area (Å²) < 4.78 is 24.5. The van der Waals surface area contributed by atoms with Gasteiger partial charge in [0.1, 0.15) is 5.82 Å². The first-order valence-corrected chi connectivity index (χ1v) is 9.13. The fraction of sp³-hybridized carbons (Fsp3) is 0.158. The van der Waals surface area contributed by atoms with Crippen molar-refractivity contribution in [3.05, 3.63) is 65.8 Å². The number of aryl methyl sites for hydroxylation is 1. The molecule has 0 aliphatic carbocycles. The van der Waals surface area contributed by atoms with E-state index in [1.807, 2.05) is 38.1 Å². The molecule has 0 aliphatic rings. The van der Waals surface area contributed by atoms with Gasteiger partial charge in [0.25, 0.3) is 5.22 Å². The Kier molecular flexibility index (Phi) is 4.72. The molecule has 4 aromatic rings. The van der Waals surface area contributed by atoms with E-state index < -0.39 is 0 Å². The van der Waals surface area contributed by atoms with Crippen LogP contribution in [0.15, 0.2) is 62.6 Å². The third kappa shape index (κ3) is 3.90. The number of halogens is 1. The smallest absolute Gasteiger partial charge is 0.277 e. The Morgan fingerprint density at radius 2 is 1.63 bits per heavy atom. The zero-order chi connectivity index (χ0) is 18.8. The van der Waals surface area contributed by atoms with Crippen LogP contribution in [0.1, 0.15) is 23.6 Å². The molecule has 0 radical (unpaired) electrons. The Hall–Kier alpha value is -3.00. The highest BCUT2D eigenvalue weighted by Crippen LogP contribution is 2.35. The van der Waals surface area contributed by atoms with Crippen LogP contribution in [0.4, 0.5) is 4.39 Å². The molecule has 0 spiro atoms. The van der Waals surface area contributed by atoms with E-state index in [0.717, 1.165) is 11.1 Å². The standard InChI is InChI=1S/C19H15FN4O2S/c1-11-4-3-5-14(10-11)18-23-24-19(26-18)27-12(2)16-21-22-17(25-16)13-6-8-15(20)9-7-13/h3-10,12H,1-2H3/t12-/m0/s1. The fourth-order valence-corrected chi connectivity index (χ4v) is 3.18. The van der Waals surface area contributed by atoms with E-state index in [4.69, 9.17) is 8.83 Å². The summed E-state index contributed by atoms with van der Waals surface area (Å²) in [7, 11) is 0. The molecule has 0 saturated carbocycles. The predicted octanol–water partition coefficient (Wildman–Crippen LogP) is 5.09. The highest BCUT2D eigenvalue weighted by Gasteiger charge is 2.20. The average Bonchev–Trinajstić information content (AvgIpc) is 3.32. The maximum Gasteiger partial charge on any atom is 0.277 e. The molecule has 0 bridgehead atoms. The summed E-state index contributed by atoms with van der Waals surface area (Å²) in [4.78, 5) is 0. The summed E-state index contributed by atoms with van der Waals surface area (Å²) in [6.07, 6.45) is 0. The summed E-state index contributed by atoms with van der Waals surface area (Å²) in [5.41, 5.74) is 2.65. The average molecular weight is 382 g/mol. The third-order valence-corrected chi connectivity index (χ3v) is 4.75. The lowest BCUT2D eigenvalue weighted by Gasteiger charge is -2.02. The van der Waals surface area contributed by atoms with Crippen molar-refractivity contribution in [2.75, 3.05) is 0 Å². The van der Waals surface area contributed by atoms with Crippen LogP contribution in [0, 0.1) is 12.7 Å². The van der Waals surface area contributed by atoms with Gasteiger partial charge in [0.2, 0.25) is 17.7 Å². The molecule has 0 unspecified atom stereocenters. The van der Waals surface area contributed by atoms with Crippen LogP contribution in [0.3, 0.4) is 0 Å². The molecule has 0 aliphatic heterocycles. The van der Waals surface area contributed by atoms with Gasteiger partial charge in [0.15, 0.2) is 0 Å². The first-order valence-electron chi connectivity index (χ1n) is 8.25. The van der Waals surface area contributed by atoms with E-state index in [-0.39, 0.29) is 11.1 Å². The van der Waals surface area contributed by atoms with Crippen molar-refractivity contribution in [3.63, 3.8) is 0 Å². The number of hydrogen-bond acceptors (Lipinski definition) is 7. The van der Waals surface area contributed by atoms with Crippen LogP contribution in [-0.2, 0) is 0 Å². The Morgan fingerprint density at radius 3 is 2.41 bits per heavy atom. The van der Waals surface area contributed by atoms with Crippen molar-refractivity contribution in [2.45, 2.75) is 24.3 Å². The van der Waals surface area contributed by atoms with Crippen LogP contribution in [0.5, 0.6) is 0 Å². The summed E-state index contributed by atoms with van der Waals surface area (Å²) >= 11 is 1.33. The number of aromatic nitrogens is 4. The van der Waals surface area contributed by atoms with Gasteiger partial charge in [-0.3, -0.25) is 0 Å². The van der Waals surface area contributed by atoms with Crippen molar-refractivity contribution in [1.82, 2.24) is 20.4 Å². The maximum atomic E-state index is 13.0. The monoisotopic (exact) mass is 382 g/mol. The molecule has 0 amide bonds. The second kappa shape index (κ2) is 7.32. The van der Waals surface area contributed by atoms with Gasteiger partial charge < -0.3 is 8.83 Å². The topological polar surface area (TPSA) is 77.8 Å². The van der Waals surface area contributed by atoms with Crippen LogP contribution in [0.2, 0.25) is 0 Å². The second-order valence-corrected chi connectivity index (χ2v) is 7.25. The molecule has 0 N–H and O–H groups in total. The van der Waals surface area contributed by atoms with E-state index >= 15 is 0 Å². The molecule has 8 heteroatoms.